The number of amides is 1. The zero-order valence-electron chi connectivity index (χ0n) is 16.8. The number of carbonyl (C=O) groups is 3. The van der Waals surface area contributed by atoms with Crippen LogP contribution in [0.3, 0.4) is 0 Å². The molecule has 3 rings (SSSR count). The quantitative estimate of drug-likeness (QED) is 0.228. The van der Waals surface area contributed by atoms with Crippen LogP contribution < -0.4 is 21.9 Å². The summed E-state index contributed by atoms with van der Waals surface area (Å²) in [4.78, 5) is 55.6. The minimum atomic E-state index is -1.30. The van der Waals surface area contributed by atoms with Gasteiger partial charge in [-0.25, -0.2) is 4.79 Å². The number of hydrogen-bond acceptors (Lipinski definition) is 7. The molecule has 12 nitrogen and oxygen atoms in total. The van der Waals surface area contributed by atoms with Gasteiger partial charge in [-0.2, -0.15) is 4.98 Å². The summed E-state index contributed by atoms with van der Waals surface area (Å²) in [7, 11) is 0. The largest absolute Gasteiger partial charge is 0.481 e. The van der Waals surface area contributed by atoms with Crippen LogP contribution in [0.25, 0.3) is 11.0 Å². The monoisotopic (exact) mass is 442 g/mol. The number of carboxylic acids is 2. The SMILES string of the molecule is Nc1nc2[nH]cc(CNCc3ccc(C(=O)N[C@@H](CCC(=O)O)C(=O)O)cc3)c2c(=O)[nH]1. The normalized spacial score (nSPS) is 11.9. The number of carbonyl (C=O) groups excluding carboxylic acids is 1. The number of fused-ring (bicyclic) bond motifs is 1. The molecule has 0 saturated carbocycles. The van der Waals surface area contributed by atoms with Gasteiger partial charge in [-0.05, 0) is 29.7 Å². The van der Waals surface area contributed by atoms with Gasteiger partial charge in [0.05, 0.1) is 5.39 Å². The van der Waals surface area contributed by atoms with Crippen molar-refractivity contribution < 1.29 is 24.6 Å². The summed E-state index contributed by atoms with van der Waals surface area (Å²) in [6.07, 6.45) is 1.10. The molecule has 8 N–H and O–H groups in total. The van der Waals surface area contributed by atoms with Crippen molar-refractivity contribution in [1.82, 2.24) is 25.6 Å². The smallest absolute Gasteiger partial charge is 0.326 e. The number of nitrogens with zero attached hydrogens (tertiary/aromatic N) is 1. The highest BCUT2D eigenvalue weighted by Crippen LogP contribution is 2.13. The number of rotatable bonds is 10. The van der Waals surface area contributed by atoms with Crippen LogP contribution in [-0.4, -0.2) is 49.1 Å². The summed E-state index contributed by atoms with van der Waals surface area (Å²) < 4.78 is 0. The molecule has 0 saturated heterocycles. The molecule has 1 amide bonds. The number of carboxylic acid groups (broad SMARTS) is 2. The van der Waals surface area contributed by atoms with Gasteiger partial charge in [-0.3, -0.25) is 19.4 Å². The molecule has 12 heteroatoms. The molecule has 1 aromatic carbocycles. The minimum absolute atomic E-state index is 0.0320. The van der Waals surface area contributed by atoms with Gasteiger partial charge >= 0.3 is 11.9 Å². The van der Waals surface area contributed by atoms with Crippen LogP contribution in [0.4, 0.5) is 5.95 Å². The van der Waals surface area contributed by atoms with E-state index in [-0.39, 0.29) is 29.9 Å². The molecule has 0 unspecified atom stereocenters. The van der Waals surface area contributed by atoms with E-state index in [1.54, 1.807) is 30.5 Å². The number of anilines is 1. The zero-order chi connectivity index (χ0) is 23.3. The third-order valence-electron chi connectivity index (χ3n) is 4.75. The van der Waals surface area contributed by atoms with Gasteiger partial charge in [0.1, 0.15) is 11.7 Å². The second-order valence-electron chi connectivity index (χ2n) is 7.09. The lowest BCUT2D eigenvalue weighted by Gasteiger charge is -2.13. The summed E-state index contributed by atoms with van der Waals surface area (Å²) >= 11 is 0. The van der Waals surface area contributed by atoms with Crippen LogP contribution in [0.1, 0.15) is 34.3 Å². The van der Waals surface area contributed by atoms with Gasteiger partial charge < -0.3 is 31.6 Å². The van der Waals surface area contributed by atoms with Crippen LogP contribution >= 0.6 is 0 Å². The molecule has 2 aromatic heterocycles. The van der Waals surface area contributed by atoms with Gasteiger partial charge in [0.25, 0.3) is 11.5 Å². The van der Waals surface area contributed by atoms with Crippen molar-refractivity contribution in [3.8, 4) is 0 Å². The Balaban J connectivity index is 1.57. The number of nitrogens with two attached hydrogens (primary N) is 1. The van der Waals surface area contributed by atoms with E-state index in [9.17, 15) is 19.2 Å². The van der Waals surface area contributed by atoms with E-state index in [4.69, 9.17) is 15.9 Å². The van der Waals surface area contributed by atoms with E-state index in [2.05, 4.69) is 25.6 Å². The lowest BCUT2D eigenvalue weighted by molar-refractivity contribution is -0.140. The Morgan fingerprint density at radius 1 is 1.12 bits per heavy atom. The standard InChI is InChI=1S/C20H22N6O6/c21-20-25-16-15(18(30)26-20)12(9-23-16)8-22-7-10-1-3-11(4-2-10)17(29)24-13(19(31)32)5-6-14(27)28/h1-4,9,13,22H,5-8H2,(H,24,29)(H,27,28)(H,31,32)(H4,21,23,25,26,30)/t13-/m0/s1. The fourth-order valence-electron chi connectivity index (χ4n) is 3.14. The highest BCUT2D eigenvalue weighted by Gasteiger charge is 2.21. The lowest BCUT2D eigenvalue weighted by atomic mass is 10.1. The molecule has 0 spiro atoms. The highest BCUT2D eigenvalue weighted by molar-refractivity contribution is 5.96. The molecule has 2 heterocycles. The number of H-pyrrole nitrogens is 2. The molecule has 0 radical (unpaired) electrons. The maximum absolute atomic E-state index is 12.3. The summed E-state index contributed by atoms with van der Waals surface area (Å²) in [6.45, 7) is 0.839. The van der Waals surface area contributed by atoms with Gasteiger partial charge in [0.15, 0.2) is 0 Å². The van der Waals surface area contributed by atoms with Crippen molar-refractivity contribution in [3.05, 3.63) is 57.5 Å². The predicted molar refractivity (Wildman–Crippen MR) is 114 cm³/mol. The molecular weight excluding hydrogens is 420 g/mol. The molecule has 0 aliphatic carbocycles. The van der Waals surface area contributed by atoms with E-state index in [0.29, 0.717) is 24.1 Å². The first-order valence-electron chi connectivity index (χ1n) is 9.65. The van der Waals surface area contributed by atoms with Crippen molar-refractivity contribution in [3.63, 3.8) is 0 Å². The van der Waals surface area contributed by atoms with E-state index >= 15 is 0 Å². The van der Waals surface area contributed by atoms with Crippen LogP contribution in [0.2, 0.25) is 0 Å². The second kappa shape index (κ2) is 9.75. The first-order chi connectivity index (χ1) is 15.2. The third-order valence-corrected chi connectivity index (χ3v) is 4.75. The Morgan fingerprint density at radius 2 is 1.84 bits per heavy atom. The maximum Gasteiger partial charge on any atom is 0.326 e. The Labute approximate surface area is 180 Å². The van der Waals surface area contributed by atoms with Crippen LogP contribution in [0.15, 0.2) is 35.3 Å². The number of benzene rings is 1. The molecule has 3 aromatic rings. The van der Waals surface area contributed by atoms with Crippen molar-refractivity contribution in [1.29, 1.82) is 0 Å². The van der Waals surface area contributed by atoms with E-state index in [1.165, 1.54) is 0 Å². The predicted octanol–water partition coefficient (Wildman–Crippen LogP) is 0.171. The molecule has 1 atom stereocenters. The maximum atomic E-state index is 12.3. The van der Waals surface area contributed by atoms with Gasteiger partial charge in [-0.15, -0.1) is 0 Å². The number of hydrogen-bond donors (Lipinski definition) is 7. The Bertz CT molecular complexity index is 1200. The van der Waals surface area contributed by atoms with E-state index < -0.39 is 23.9 Å². The summed E-state index contributed by atoms with van der Waals surface area (Å²) in [5.74, 6) is -3.01. The molecule has 0 aliphatic heterocycles. The first kappa shape index (κ1) is 22.5. The highest BCUT2D eigenvalue weighted by atomic mass is 16.4. The molecule has 168 valence electrons. The average Bonchev–Trinajstić information content (AvgIpc) is 3.14. The van der Waals surface area contributed by atoms with Gasteiger partial charge in [0, 0.05) is 31.3 Å². The fourth-order valence-corrected chi connectivity index (χ4v) is 3.14. The molecule has 32 heavy (non-hydrogen) atoms. The number of aromatic nitrogens is 3. The van der Waals surface area contributed by atoms with Crippen molar-refractivity contribution in [2.24, 2.45) is 0 Å². The van der Waals surface area contributed by atoms with Crippen LogP contribution in [0.5, 0.6) is 0 Å². The Hall–Kier alpha value is -4.19. The third kappa shape index (κ3) is 5.49. The average molecular weight is 442 g/mol. The molecule has 0 bridgehead atoms. The van der Waals surface area contributed by atoms with Crippen molar-refractivity contribution in [2.45, 2.75) is 32.0 Å². The van der Waals surface area contributed by atoms with E-state index in [1.807, 2.05) is 0 Å². The zero-order valence-corrected chi connectivity index (χ0v) is 16.8. The topological polar surface area (TPSA) is 203 Å². The van der Waals surface area contributed by atoms with E-state index in [0.717, 1.165) is 11.1 Å². The summed E-state index contributed by atoms with van der Waals surface area (Å²) in [6, 6.07) is 5.22. The van der Waals surface area contributed by atoms with Crippen LogP contribution in [-0.2, 0) is 22.7 Å². The number of aromatic amines is 2. The first-order valence-corrected chi connectivity index (χ1v) is 9.65. The lowest BCUT2D eigenvalue weighted by Crippen LogP contribution is -2.41. The van der Waals surface area contributed by atoms with Crippen molar-refractivity contribution >= 4 is 34.8 Å². The van der Waals surface area contributed by atoms with Gasteiger partial charge in [-0.1, -0.05) is 12.1 Å². The molecular formula is C20H22N6O6. The van der Waals surface area contributed by atoms with Crippen molar-refractivity contribution in [2.75, 3.05) is 5.73 Å². The molecule has 0 fully saturated rings. The summed E-state index contributed by atoms with van der Waals surface area (Å²) in [5.41, 5.74) is 7.44. The minimum Gasteiger partial charge on any atom is -0.481 e. The van der Waals surface area contributed by atoms with Crippen LogP contribution in [0, 0.1) is 0 Å². The molecule has 0 aliphatic rings. The Kier molecular flexibility index (Phi) is 6.85. The summed E-state index contributed by atoms with van der Waals surface area (Å²) in [5, 5.41) is 23.8. The van der Waals surface area contributed by atoms with Gasteiger partial charge in [0.2, 0.25) is 5.95 Å². The number of nitrogen functional groups attached to an aromatic ring is 1. The Morgan fingerprint density at radius 3 is 2.50 bits per heavy atom. The number of aliphatic carboxylic acids is 2. The second-order valence-corrected chi connectivity index (χ2v) is 7.09. The number of nitrogens with one attached hydrogen (secondary N) is 4. The fraction of sp³-hybridized carbons (Fsp3) is 0.250.